The van der Waals surface area contributed by atoms with Gasteiger partial charge in [0.05, 0.1) is 7.11 Å². The van der Waals surface area contributed by atoms with Crippen molar-refractivity contribution >= 4 is 28.5 Å². The van der Waals surface area contributed by atoms with Crippen molar-refractivity contribution in [1.29, 1.82) is 0 Å². The van der Waals surface area contributed by atoms with E-state index in [0.717, 1.165) is 11.1 Å². The van der Waals surface area contributed by atoms with E-state index in [0.29, 0.717) is 37.5 Å². The quantitative estimate of drug-likeness (QED) is 0.261. The van der Waals surface area contributed by atoms with Crippen molar-refractivity contribution in [1.82, 2.24) is 14.8 Å². The molecule has 2 N–H and O–H groups in total. The lowest BCUT2D eigenvalue weighted by atomic mass is 10.1. The highest BCUT2D eigenvalue weighted by Crippen LogP contribution is 2.19. The molecule has 0 saturated heterocycles. The predicted molar refractivity (Wildman–Crippen MR) is 152 cm³/mol. The summed E-state index contributed by atoms with van der Waals surface area (Å²) in [4.78, 5) is 33.7. The third-order valence-electron chi connectivity index (χ3n) is 6.44. The molecule has 3 amide bonds. The topological polar surface area (TPSA) is 77.7 Å². The summed E-state index contributed by atoms with van der Waals surface area (Å²) in [7, 11) is 1.60. The SMILES string of the molecule is COc1ccc(NC(=O)N(CC(=O)N(CCc2c[nH]c3ccccc23)Cc2ccccc2)CC(C)C)cc1. The van der Waals surface area contributed by atoms with Crippen molar-refractivity contribution in [3.63, 3.8) is 0 Å². The van der Waals surface area contributed by atoms with E-state index in [2.05, 4.69) is 22.4 Å². The lowest BCUT2D eigenvalue weighted by Crippen LogP contribution is -2.46. The molecule has 0 atom stereocenters. The van der Waals surface area contributed by atoms with Gasteiger partial charge in [-0.25, -0.2) is 4.79 Å². The first-order chi connectivity index (χ1) is 18.4. The molecule has 0 fully saturated rings. The van der Waals surface area contributed by atoms with E-state index in [-0.39, 0.29) is 24.4 Å². The molecule has 0 aliphatic carbocycles. The molecule has 0 aliphatic heterocycles. The minimum Gasteiger partial charge on any atom is -0.497 e. The molecule has 0 aliphatic rings. The van der Waals surface area contributed by atoms with Crippen LogP contribution >= 0.6 is 0 Å². The fourth-order valence-corrected chi connectivity index (χ4v) is 4.49. The summed E-state index contributed by atoms with van der Waals surface area (Å²) < 4.78 is 5.20. The van der Waals surface area contributed by atoms with Crippen LogP contribution < -0.4 is 10.1 Å². The number of rotatable bonds is 11. The number of amides is 3. The van der Waals surface area contributed by atoms with E-state index >= 15 is 0 Å². The zero-order valence-corrected chi connectivity index (χ0v) is 22.3. The highest BCUT2D eigenvalue weighted by molar-refractivity contribution is 5.92. The number of methoxy groups -OCH3 is 1. The Bertz CT molecular complexity index is 1330. The number of hydrogen-bond acceptors (Lipinski definition) is 3. The molecule has 0 radical (unpaired) electrons. The van der Waals surface area contributed by atoms with Gasteiger partial charge in [-0.1, -0.05) is 62.4 Å². The number of aromatic nitrogens is 1. The Balaban J connectivity index is 1.49. The molecule has 38 heavy (non-hydrogen) atoms. The van der Waals surface area contributed by atoms with E-state index in [9.17, 15) is 9.59 Å². The summed E-state index contributed by atoms with van der Waals surface area (Å²) in [6.45, 7) is 5.58. The molecule has 198 valence electrons. The molecule has 0 saturated carbocycles. The maximum Gasteiger partial charge on any atom is 0.322 e. The number of para-hydroxylation sites is 1. The normalized spacial score (nSPS) is 10.9. The summed E-state index contributed by atoms with van der Waals surface area (Å²) in [5.41, 5.74) is 3.96. The van der Waals surface area contributed by atoms with Crippen molar-refractivity contribution in [3.05, 3.63) is 96.2 Å². The van der Waals surface area contributed by atoms with Crippen LogP contribution in [0.4, 0.5) is 10.5 Å². The number of urea groups is 1. The van der Waals surface area contributed by atoms with Gasteiger partial charge in [0.25, 0.3) is 0 Å². The number of hydrogen-bond donors (Lipinski definition) is 2. The number of aromatic amines is 1. The minimum atomic E-state index is -0.298. The summed E-state index contributed by atoms with van der Waals surface area (Å²) >= 11 is 0. The second-order valence-corrected chi connectivity index (χ2v) is 9.84. The van der Waals surface area contributed by atoms with Crippen LogP contribution in [0.25, 0.3) is 10.9 Å². The minimum absolute atomic E-state index is 0.000879. The van der Waals surface area contributed by atoms with Crippen LogP contribution in [-0.2, 0) is 17.8 Å². The van der Waals surface area contributed by atoms with Gasteiger partial charge in [0, 0.05) is 42.4 Å². The van der Waals surface area contributed by atoms with Crippen LogP contribution in [0.5, 0.6) is 5.75 Å². The summed E-state index contributed by atoms with van der Waals surface area (Å²) in [6.07, 6.45) is 2.73. The standard InChI is InChI=1S/C31H36N4O3/c1-23(2)20-35(31(37)33-26-13-15-27(38-3)16-14-26)22-30(36)34(21-24-9-5-4-6-10-24)18-17-25-19-32-29-12-8-7-11-28(25)29/h4-16,19,23,32H,17-18,20-22H2,1-3H3,(H,33,37). The lowest BCUT2D eigenvalue weighted by molar-refractivity contribution is -0.132. The molecular formula is C31H36N4O3. The molecule has 0 spiro atoms. The highest BCUT2D eigenvalue weighted by atomic mass is 16.5. The Hall–Kier alpha value is -4.26. The molecule has 3 aromatic carbocycles. The van der Waals surface area contributed by atoms with E-state index in [4.69, 9.17) is 4.74 Å². The van der Waals surface area contributed by atoms with Gasteiger partial charge in [-0.2, -0.15) is 0 Å². The van der Waals surface area contributed by atoms with Gasteiger partial charge in [-0.15, -0.1) is 0 Å². The van der Waals surface area contributed by atoms with E-state index < -0.39 is 0 Å². The molecule has 1 aromatic heterocycles. The molecule has 4 rings (SSSR count). The number of nitrogens with one attached hydrogen (secondary N) is 2. The number of carbonyl (C=O) groups is 2. The molecule has 7 heteroatoms. The van der Waals surface area contributed by atoms with Crippen molar-refractivity contribution in [2.45, 2.75) is 26.8 Å². The number of fused-ring (bicyclic) bond motifs is 1. The first-order valence-electron chi connectivity index (χ1n) is 13.0. The number of H-pyrrole nitrogens is 1. The Morgan fingerprint density at radius 1 is 0.921 bits per heavy atom. The van der Waals surface area contributed by atoms with E-state index in [1.165, 1.54) is 10.9 Å². The van der Waals surface area contributed by atoms with Gasteiger partial charge in [0.1, 0.15) is 12.3 Å². The molecule has 7 nitrogen and oxygen atoms in total. The van der Waals surface area contributed by atoms with Crippen molar-refractivity contribution in [3.8, 4) is 5.75 Å². The summed E-state index contributed by atoms with van der Waals surface area (Å²) in [5.74, 6) is 0.835. The van der Waals surface area contributed by atoms with Gasteiger partial charge in [0.15, 0.2) is 0 Å². The maximum absolute atomic E-state index is 13.7. The smallest absolute Gasteiger partial charge is 0.322 e. The number of ether oxygens (including phenoxy) is 1. The second kappa shape index (κ2) is 12.8. The number of carbonyl (C=O) groups excluding carboxylic acids is 2. The van der Waals surface area contributed by atoms with E-state index in [1.54, 1.807) is 36.3 Å². The predicted octanol–water partition coefficient (Wildman–Crippen LogP) is 5.94. The average Bonchev–Trinajstić information content (AvgIpc) is 3.34. The fraction of sp³-hybridized carbons (Fsp3) is 0.290. The van der Waals surface area contributed by atoms with Gasteiger partial charge in [-0.3, -0.25) is 4.79 Å². The van der Waals surface area contributed by atoms with E-state index in [1.807, 2.05) is 67.4 Å². The van der Waals surface area contributed by atoms with Gasteiger partial charge >= 0.3 is 6.03 Å². The van der Waals surface area contributed by atoms with Crippen LogP contribution in [0.1, 0.15) is 25.0 Å². The Labute approximate surface area is 224 Å². The summed E-state index contributed by atoms with van der Waals surface area (Å²) in [6, 6.07) is 25.0. The molecule has 1 heterocycles. The Morgan fingerprint density at radius 3 is 2.34 bits per heavy atom. The molecule has 0 bridgehead atoms. The van der Waals surface area contributed by atoms with Gasteiger partial charge < -0.3 is 24.8 Å². The molecule has 4 aromatic rings. The van der Waals surface area contributed by atoms with Crippen LogP contribution in [0, 0.1) is 5.92 Å². The third-order valence-corrected chi connectivity index (χ3v) is 6.44. The van der Waals surface area contributed by atoms with Crippen LogP contribution in [-0.4, -0.2) is 53.5 Å². The van der Waals surface area contributed by atoms with Crippen molar-refractivity contribution in [2.75, 3.05) is 32.1 Å². The van der Waals surface area contributed by atoms with Crippen molar-refractivity contribution < 1.29 is 14.3 Å². The highest BCUT2D eigenvalue weighted by Gasteiger charge is 2.23. The van der Waals surface area contributed by atoms with Crippen molar-refractivity contribution in [2.24, 2.45) is 5.92 Å². The lowest BCUT2D eigenvalue weighted by Gasteiger charge is -2.29. The largest absolute Gasteiger partial charge is 0.497 e. The van der Waals surface area contributed by atoms with Crippen LogP contribution in [0.2, 0.25) is 0 Å². The first-order valence-corrected chi connectivity index (χ1v) is 13.0. The molecular weight excluding hydrogens is 476 g/mol. The van der Waals surface area contributed by atoms with Gasteiger partial charge in [-0.05, 0) is 53.8 Å². The number of nitrogens with zero attached hydrogens (tertiary/aromatic N) is 2. The Morgan fingerprint density at radius 2 is 1.63 bits per heavy atom. The summed E-state index contributed by atoms with van der Waals surface area (Å²) in [5, 5.41) is 4.09. The number of benzene rings is 3. The zero-order chi connectivity index (χ0) is 26.9. The first kappa shape index (κ1) is 26.8. The third kappa shape index (κ3) is 7.16. The number of anilines is 1. The second-order valence-electron chi connectivity index (χ2n) is 9.84. The Kier molecular flexibility index (Phi) is 9.03. The fourth-order valence-electron chi connectivity index (χ4n) is 4.49. The maximum atomic E-state index is 13.7. The molecule has 0 unspecified atom stereocenters. The zero-order valence-electron chi connectivity index (χ0n) is 22.3. The monoisotopic (exact) mass is 512 g/mol. The van der Waals surface area contributed by atoms with Gasteiger partial charge in [0.2, 0.25) is 5.91 Å². The van der Waals surface area contributed by atoms with Crippen LogP contribution in [0.15, 0.2) is 85.1 Å². The van der Waals surface area contributed by atoms with Crippen LogP contribution in [0.3, 0.4) is 0 Å². The average molecular weight is 513 g/mol.